The Labute approximate surface area is 105 Å². The van der Waals surface area contributed by atoms with E-state index >= 15 is 0 Å². The van der Waals surface area contributed by atoms with Gasteiger partial charge in [0.15, 0.2) is 0 Å². The topological polar surface area (TPSA) is 79.8 Å². The molecule has 0 bridgehead atoms. The number of carbonyl (C=O) groups is 2. The number of carbonyl (C=O) groups excluding carboxylic acids is 2. The van der Waals surface area contributed by atoms with Crippen LogP contribution in [0.25, 0.3) is 5.53 Å². The van der Waals surface area contributed by atoms with Crippen molar-refractivity contribution in [3.63, 3.8) is 0 Å². The minimum atomic E-state index is -6.76. The first-order valence-electron chi connectivity index (χ1n) is 4.60. The summed E-state index contributed by atoms with van der Waals surface area (Å²) >= 11 is 0. The number of ketones is 1. The molecule has 0 spiro atoms. The third-order valence-electron chi connectivity index (χ3n) is 1.82. The first-order valence-corrected chi connectivity index (χ1v) is 4.60. The Morgan fingerprint density at radius 3 is 1.85 bits per heavy atom. The molecule has 0 fully saturated rings. The molecule has 0 aromatic carbocycles. The molecule has 0 heterocycles. The standard InChI is InChI=1S/C8H5F7N2O3/c1-2-20-5(19)3(17-16)4(18)6(9,10)7(11,12)8(13,14)15/h2H2,1H3. The first kappa shape index (κ1) is 18.0. The molecule has 0 amide bonds. The van der Waals surface area contributed by atoms with Crippen LogP contribution in [0, 0.1) is 0 Å². The molecule has 5 nitrogen and oxygen atoms in total. The van der Waals surface area contributed by atoms with E-state index in [9.17, 15) is 40.3 Å². The zero-order valence-electron chi connectivity index (χ0n) is 9.47. The van der Waals surface area contributed by atoms with Crippen molar-refractivity contribution in [3.05, 3.63) is 5.53 Å². The third kappa shape index (κ3) is 2.95. The number of hydrogen-bond donors (Lipinski definition) is 0. The Morgan fingerprint density at radius 1 is 1.10 bits per heavy atom. The summed E-state index contributed by atoms with van der Waals surface area (Å²) in [5.74, 6) is -18.5. The van der Waals surface area contributed by atoms with Gasteiger partial charge in [0.2, 0.25) is 0 Å². The van der Waals surface area contributed by atoms with Crippen molar-refractivity contribution in [1.82, 2.24) is 0 Å². The molecule has 0 radical (unpaired) electrons. The van der Waals surface area contributed by atoms with Crippen molar-refractivity contribution < 1.29 is 49.8 Å². The highest BCUT2D eigenvalue weighted by atomic mass is 19.4. The summed E-state index contributed by atoms with van der Waals surface area (Å²) in [6.07, 6.45) is -6.76. The second-order valence-corrected chi connectivity index (χ2v) is 3.14. The summed E-state index contributed by atoms with van der Waals surface area (Å²) in [6.45, 7) is 0.576. The Balaban J connectivity index is 5.69. The number of alkyl halides is 7. The molecule has 0 aromatic rings. The SMILES string of the molecule is CCOC(=O)C(=[N+]=[N-])C(=O)C(F)(F)C(F)(F)C(F)(F)F. The monoisotopic (exact) mass is 310 g/mol. The van der Waals surface area contributed by atoms with E-state index in [1.54, 1.807) is 4.79 Å². The van der Waals surface area contributed by atoms with E-state index in [1.807, 2.05) is 0 Å². The lowest BCUT2D eigenvalue weighted by Gasteiger charge is -2.25. The van der Waals surface area contributed by atoms with Gasteiger partial charge in [-0.2, -0.15) is 35.5 Å². The molecular formula is C8H5F7N2O3. The largest absolute Gasteiger partial charge is 0.460 e. The van der Waals surface area contributed by atoms with E-state index in [2.05, 4.69) is 4.74 Å². The maximum Gasteiger partial charge on any atom is 0.460 e. The van der Waals surface area contributed by atoms with Crippen LogP contribution in [-0.4, -0.2) is 46.9 Å². The van der Waals surface area contributed by atoms with E-state index in [0.29, 0.717) is 0 Å². The van der Waals surface area contributed by atoms with E-state index < -0.39 is 42.1 Å². The molecule has 0 aromatic heterocycles. The van der Waals surface area contributed by atoms with Crippen LogP contribution in [-0.2, 0) is 14.3 Å². The zero-order chi connectivity index (χ0) is 16.4. The molecule has 20 heavy (non-hydrogen) atoms. The maximum absolute atomic E-state index is 12.9. The fourth-order valence-electron chi connectivity index (χ4n) is 0.848. The second-order valence-electron chi connectivity index (χ2n) is 3.14. The predicted molar refractivity (Wildman–Crippen MR) is 46.2 cm³/mol. The van der Waals surface area contributed by atoms with Crippen molar-refractivity contribution in [2.45, 2.75) is 24.9 Å². The number of halogens is 7. The fourth-order valence-corrected chi connectivity index (χ4v) is 0.848. The van der Waals surface area contributed by atoms with Crippen LogP contribution in [0.2, 0.25) is 0 Å². The number of esters is 1. The van der Waals surface area contributed by atoms with Crippen molar-refractivity contribution in [1.29, 1.82) is 0 Å². The number of nitrogens with zero attached hydrogens (tertiary/aromatic N) is 2. The summed E-state index contributed by atoms with van der Waals surface area (Å²) in [5.41, 5.74) is 5.86. The van der Waals surface area contributed by atoms with Crippen molar-refractivity contribution >= 4 is 17.5 Å². The van der Waals surface area contributed by atoms with Gasteiger partial charge >= 0.3 is 35.5 Å². The highest BCUT2D eigenvalue weighted by Gasteiger charge is 2.78. The van der Waals surface area contributed by atoms with Crippen LogP contribution in [0.5, 0.6) is 0 Å². The molecule has 0 N–H and O–H groups in total. The van der Waals surface area contributed by atoms with Crippen LogP contribution < -0.4 is 0 Å². The minimum Gasteiger partial charge on any atom is -0.457 e. The zero-order valence-corrected chi connectivity index (χ0v) is 9.47. The van der Waals surface area contributed by atoms with E-state index in [1.165, 1.54) is 0 Å². The lowest BCUT2D eigenvalue weighted by atomic mass is 10.0. The first-order chi connectivity index (χ1) is 8.84. The summed E-state index contributed by atoms with van der Waals surface area (Å²) in [7, 11) is 0. The molecular weight excluding hydrogens is 305 g/mol. The average Bonchev–Trinajstić information content (AvgIpc) is 2.28. The number of rotatable bonds is 5. The summed E-state index contributed by atoms with van der Waals surface area (Å²) < 4.78 is 90.2. The van der Waals surface area contributed by atoms with Crippen LogP contribution in [0.1, 0.15) is 6.92 Å². The Hall–Kier alpha value is -1.97. The van der Waals surface area contributed by atoms with Gasteiger partial charge in [-0.1, -0.05) is 0 Å². The Morgan fingerprint density at radius 2 is 1.55 bits per heavy atom. The lowest BCUT2D eigenvalue weighted by Crippen LogP contribution is -2.58. The van der Waals surface area contributed by atoms with Crippen LogP contribution in [0.4, 0.5) is 30.7 Å². The van der Waals surface area contributed by atoms with E-state index in [4.69, 9.17) is 5.53 Å². The Kier molecular flexibility index (Phi) is 5.02. The van der Waals surface area contributed by atoms with Crippen LogP contribution >= 0.6 is 0 Å². The molecule has 0 saturated heterocycles. The van der Waals surface area contributed by atoms with Gasteiger partial charge in [0.1, 0.15) is 0 Å². The average molecular weight is 310 g/mol. The highest BCUT2D eigenvalue weighted by Crippen LogP contribution is 2.46. The van der Waals surface area contributed by atoms with Gasteiger partial charge in [0, 0.05) is 0 Å². The summed E-state index contributed by atoms with van der Waals surface area (Å²) in [6, 6.07) is 0. The highest BCUT2D eigenvalue weighted by molar-refractivity contribution is 6.63. The smallest absolute Gasteiger partial charge is 0.457 e. The number of hydrogen-bond acceptors (Lipinski definition) is 3. The third-order valence-corrected chi connectivity index (χ3v) is 1.82. The molecule has 0 aliphatic heterocycles. The molecule has 114 valence electrons. The molecule has 0 saturated carbocycles. The van der Waals surface area contributed by atoms with Gasteiger partial charge in [-0.15, -0.1) is 0 Å². The second kappa shape index (κ2) is 5.57. The molecule has 12 heteroatoms. The quantitative estimate of drug-likeness (QED) is 0.193. The maximum atomic E-state index is 12.9. The van der Waals surface area contributed by atoms with E-state index in [0.717, 1.165) is 6.92 Å². The molecule has 0 atom stereocenters. The van der Waals surface area contributed by atoms with Crippen LogP contribution in [0.3, 0.4) is 0 Å². The fraction of sp³-hybridized carbons (Fsp3) is 0.625. The van der Waals surface area contributed by atoms with Gasteiger partial charge < -0.3 is 10.3 Å². The normalized spacial score (nSPS) is 12.6. The van der Waals surface area contributed by atoms with Gasteiger partial charge in [-0.3, -0.25) is 4.79 Å². The van der Waals surface area contributed by atoms with Gasteiger partial charge in [0.05, 0.1) is 6.61 Å². The van der Waals surface area contributed by atoms with Crippen molar-refractivity contribution in [2.75, 3.05) is 6.61 Å². The predicted octanol–water partition coefficient (Wildman–Crippen LogP) is 1.62. The summed E-state index contributed by atoms with van der Waals surface area (Å²) in [5, 5.41) is 0. The molecule has 0 aliphatic rings. The van der Waals surface area contributed by atoms with E-state index in [-0.39, 0.29) is 0 Å². The van der Waals surface area contributed by atoms with Crippen molar-refractivity contribution in [3.8, 4) is 0 Å². The van der Waals surface area contributed by atoms with Gasteiger partial charge in [0.25, 0.3) is 0 Å². The Bertz CT molecular complexity index is 465. The minimum absolute atomic E-state index is 0.535. The van der Waals surface area contributed by atoms with Gasteiger partial charge in [-0.25, -0.2) is 4.79 Å². The number of ether oxygens (including phenoxy) is 1. The lowest BCUT2D eigenvalue weighted by molar-refractivity contribution is -0.342. The number of Topliss-reactive ketones (excluding diaryl/α,β-unsaturated/α-hetero) is 1. The van der Waals surface area contributed by atoms with Crippen LogP contribution in [0.15, 0.2) is 0 Å². The molecule has 0 aliphatic carbocycles. The molecule has 0 rings (SSSR count). The van der Waals surface area contributed by atoms with Gasteiger partial charge in [-0.05, 0) is 6.92 Å². The summed E-state index contributed by atoms with van der Waals surface area (Å²) in [4.78, 5) is 23.4. The van der Waals surface area contributed by atoms with Crippen molar-refractivity contribution in [2.24, 2.45) is 0 Å². The molecule has 0 unspecified atom stereocenters.